The smallest absolute Gasteiger partial charge is 0.215 e. The molecule has 2 aliphatic carbocycles. The zero-order valence-corrected chi connectivity index (χ0v) is 12.4. The molecule has 0 atom stereocenters. The number of nitrogens with zero attached hydrogens (tertiary/aromatic N) is 1. The first kappa shape index (κ1) is 14.3. The van der Waals surface area contributed by atoms with E-state index in [1.54, 1.807) is 11.4 Å². The molecule has 2 rings (SSSR count). The maximum absolute atomic E-state index is 12.2. The van der Waals surface area contributed by atoms with Gasteiger partial charge in [0.15, 0.2) is 0 Å². The molecule has 2 fully saturated rings. The minimum absolute atomic E-state index is 0.229. The van der Waals surface area contributed by atoms with E-state index in [-0.39, 0.29) is 11.8 Å². The summed E-state index contributed by atoms with van der Waals surface area (Å²) < 4.78 is 26.0. The summed E-state index contributed by atoms with van der Waals surface area (Å²) in [5.41, 5.74) is 0. The summed E-state index contributed by atoms with van der Waals surface area (Å²) in [5.74, 6) is 1.00. The highest BCUT2D eigenvalue weighted by molar-refractivity contribution is 7.89. The number of sulfonamides is 1. The van der Waals surface area contributed by atoms with Crippen molar-refractivity contribution < 1.29 is 8.42 Å². The van der Waals surface area contributed by atoms with Crippen LogP contribution in [-0.4, -0.2) is 44.2 Å². The standard InChI is InChI=1S/C13H26N2O2S/c1-11-3-7-13(8-4-11)15(2)18(16,17)10-9-14-12-5-6-12/h11-14H,3-10H2,1-2H3. The molecule has 0 spiro atoms. The van der Waals surface area contributed by atoms with Gasteiger partial charge in [-0.1, -0.05) is 6.92 Å². The molecule has 0 amide bonds. The highest BCUT2D eigenvalue weighted by Crippen LogP contribution is 2.27. The molecule has 0 aromatic rings. The van der Waals surface area contributed by atoms with E-state index in [0.29, 0.717) is 12.6 Å². The van der Waals surface area contributed by atoms with E-state index >= 15 is 0 Å². The zero-order valence-electron chi connectivity index (χ0n) is 11.6. The predicted molar refractivity (Wildman–Crippen MR) is 74.0 cm³/mol. The Labute approximate surface area is 111 Å². The Hall–Kier alpha value is -0.130. The third-order valence-electron chi connectivity index (χ3n) is 4.31. The van der Waals surface area contributed by atoms with Crippen LogP contribution >= 0.6 is 0 Å². The van der Waals surface area contributed by atoms with Crippen LogP contribution in [0.5, 0.6) is 0 Å². The Morgan fingerprint density at radius 2 is 1.72 bits per heavy atom. The molecule has 2 aliphatic rings. The molecule has 0 heterocycles. The second-order valence-corrected chi connectivity index (χ2v) is 8.12. The third-order valence-corrected chi connectivity index (χ3v) is 6.20. The molecule has 4 nitrogen and oxygen atoms in total. The highest BCUT2D eigenvalue weighted by Gasteiger charge is 2.29. The van der Waals surface area contributed by atoms with E-state index in [1.807, 2.05) is 0 Å². The first-order chi connectivity index (χ1) is 8.49. The average Bonchev–Trinajstić information content (AvgIpc) is 3.13. The highest BCUT2D eigenvalue weighted by atomic mass is 32.2. The van der Waals surface area contributed by atoms with Gasteiger partial charge in [0.25, 0.3) is 0 Å². The fraction of sp³-hybridized carbons (Fsp3) is 1.00. The summed E-state index contributed by atoms with van der Waals surface area (Å²) in [7, 11) is -1.32. The van der Waals surface area contributed by atoms with Crippen molar-refractivity contribution in [2.75, 3.05) is 19.3 Å². The second kappa shape index (κ2) is 5.88. The zero-order chi connectivity index (χ0) is 13.2. The van der Waals surface area contributed by atoms with Gasteiger partial charge in [0.2, 0.25) is 10.0 Å². The molecule has 0 aromatic heterocycles. The Morgan fingerprint density at radius 1 is 1.11 bits per heavy atom. The maximum atomic E-state index is 12.2. The molecule has 1 N–H and O–H groups in total. The number of rotatable bonds is 6. The van der Waals surface area contributed by atoms with E-state index in [2.05, 4.69) is 12.2 Å². The van der Waals surface area contributed by atoms with Gasteiger partial charge in [-0.3, -0.25) is 0 Å². The van der Waals surface area contributed by atoms with Gasteiger partial charge in [0.05, 0.1) is 5.75 Å². The Balaban J connectivity index is 1.79. The van der Waals surface area contributed by atoms with Crippen LogP contribution in [0.2, 0.25) is 0 Å². The Bertz CT molecular complexity index is 357. The van der Waals surface area contributed by atoms with Crippen molar-refractivity contribution in [3.05, 3.63) is 0 Å². The van der Waals surface area contributed by atoms with E-state index in [4.69, 9.17) is 0 Å². The van der Waals surface area contributed by atoms with Gasteiger partial charge >= 0.3 is 0 Å². The Kier molecular flexibility index (Phi) is 4.67. The normalized spacial score (nSPS) is 29.7. The molecule has 0 aliphatic heterocycles. The van der Waals surface area contributed by atoms with Crippen LogP contribution in [0.4, 0.5) is 0 Å². The first-order valence-corrected chi connectivity index (χ1v) is 8.79. The van der Waals surface area contributed by atoms with Crippen LogP contribution in [-0.2, 0) is 10.0 Å². The molecule has 106 valence electrons. The fourth-order valence-corrected chi connectivity index (χ4v) is 3.99. The monoisotopic (exact) mass is 274 g/mol. The minimum atomic E-state index is -3.07. The lowest BCUT2D eigenvalue weighted by Gasteiger charge is -2.32. The van der Waals surface area contributed by atoms with Crippen molar-refractivity contribution in [3.8, 4) is 0 Å². The molecule has 5 heteroatoms. The number of nitrogens with one attached hydrogen (secondary N) is 1. The van der Waals surface area contributed by atoms with Crippen LogP contribution in [0.3, 0.4) is 0 Å². The summed E-state index contributed by atoms with van der Waals surface area (Å²) in [4.78, 5) is 0. The van der Waals surface area contributed by atoms with Crippen molar-refractivity contribution in [2.24, 2.45) is 5.92 Å². The third kappa shape index (κ3) is 3.93. The lowest BCUT2D eigenvalue weighted by Crippen LogP contribution is -2.42. The van der Waals surface area contributed by atoms with Gasteiger partial charge in [-0.15, -0.1) is 0 Å². The van der Waals surface area contributed by atoms with Gasteiger partial charge in [-0.05, 0) is 44.4 Å². The van der Waals surface area contributed by atoms with Gasteiger partial charge in [0, 0.05) is 25.7 Å². The molecule has 0 radical (unpaired) electrons. The first-order valence-electron chi connectivity index (χ1n) is 7.18. The van der Waals surface area contributed by atoms with Crippen LogP contribution in [0.15, 0.2) is 0 Å². The molecular weight excluding hydrogens is 248 g/mol. The average molecular weight is 274 g/mol. The fourth-order valence-electron chi connectivity index (χ4n) is 2.66. The van der Waals surface area contributed by atoms with Gasteiger partial charge < -0.3 is 5.32 Å². The summed E-state index contributed by atoms with van der Waals surface area (Å²) >= 11 is 0. The van der Waals surface area contributed by atoms with Crippen LogP contribution in [0.25, 0.3) is 0 Å². The van der Waals surface area contributed by atoms with Gasteiger partial charge in [0.1, 0.15) is 0 Å². The lowest BCUT2D eigenvalue weighted by atomic mass is 9.87. The predicted octanol–water partition coefficient (Wildman–Crippen LogP) is 1.58. The number of hydrogen-bond donors (Lipinski definition) is 1. The summed E-state index contributed by atoms with van der Waals surface area (Å²) in [6.45, 7) is 2.85. The van der Waals surface area contributed by atoms with Crippen molar-refractivity contribution in [1.82, 2.24) is 9.62 Å². The maximum Gasteiger partial charge on any atom is 0.215 e. The molecule has 0 unspecified atom stereocenters. The van der Waals surface area contributed by atoms with E-state index in [1.165, 1.54) is 12.8 Å². The summed E-state index contributed by atoms with van der Waals surface area (Å²) in [6.07, 6.45) is 6.77. The van der Waals surface area contributed by atoms with Crippen LogP contribution in [0, 0.1) is 5.92 Å². The van der Waals surface area contributed by atoms with Gasteiger partial charge in [-0.2, -0.15) is 0 Å². The van der Waals surface area contributed by atoms with Crippen LogP contribution < -0.4 is 5.32 Å². The number of hydrogen-bond acceptors (Lipinski definition) is 3. The second-order valence-electron chi connectivity index (χ2n) is 5.97. The van der Waals surface area contributed by atoms with Crippen molar-refractivity contribution in [3.63, 3.8) is 0 Å². The van der Waals surface area contributed by atoms with E-state index in [0.717, 1.165) is 31.6 Å². The SMILES string of the molecule is CC1CCC(N(C)S(=O)(=O)CCNC2CC2)CC1. The molecule has 18 heavy (non-hydrogen) atoms. The van der Waals surface area contributed by atoms with E-state index in [9.17, 15) is 8.42 Å². The summed E-state index contributed by atoms with van der Waals surface area (Å²) in [6, 6.07) is 0.813. The largest absolute Gasteiger partial charge is 0.313 e. The van der Waals surface area contributed by atoms with Crippen molar-refractivity contribution in [2.45, 2.75) is 57.5 Å². The molecule has 2 saturated carbocycles. The molecular formula is C13H26N2O2S. The van der Waals surface area contributed by atoms with Gasteiger partial charge in [-0.25, -0.2) is 12.7 Å². The quantitative estimate of drug-likeness (QED) is 0.800. The molecule has 0 saturated heterocycles. The topological polar surface area (TPSA) is 49.4 Å². The van der Waals surface area contributed by atoms with Crippen molar-refractivity contribution >= 4 is 10.0 Å². The Morgan fingerprint density at radius 3 is 2.28 bits per heavy atom. The van der Waals surface area contributed by atoms with Crippen molar-refractivity contribution in [1.29, 1.82) is 0 Å². The molecule has 0 bridgehead atoms. The summed E-state index contributed by atoms with van der Waals surface area (Å²) in [5, 5.41) is 3.27. The molecule has 0 aromatic carbocycles. The lowest BCUT2D eigenvalue weighted by molar-refractivity contribution is 0.246. The minimum Gasteiger partial charge on any atom is -0.313 e. The van der Waals surface area contributed by atoms with E-state index < -0.39 is 10.0 Å². The van der Waals surface area contributed by atoms with Crippen LogP contribution in [0.1, 0.15) is 45.4 Å².